The van der Waals surface area contributed by atoms with Crippen molar-refractivity contribution in [3.63, 3.8) is 0 Å². The van der Waals surface area contributed by atoms with Gasteiger partial charge in [-0.25, -0.2) is 4.79 Å². The molecule has 16 heteroatoms. The molecule has 2 aromatic carbocycles. The second-order valence-corrected chi connectivity index (χ2v) is 12.7. The number of alkyl halides is 1. The number of fused-ring (bicyclic) bond motifs is 3. The van der Waals surface area contributed by atoms with Gasteiger partial charge in [-0.1, -0.05) is 48.5 Å². The third-order valence-electron chi connectivity index (χ3n) is 8.17. The van der Waals surface area contributed by atoms with Crippen LogP contribution in [-0.2, 0) is 61.6 Å². The number of halogens is 1. The van der Waals surface area contributed by atoms with Crippen LogP contribution in [0.3, 0.4) is 0 Å². The molecule has 0 unspecified atom stereocenters. The first kappa shape index (κ1) is 48.9. The molecule has 0 saturated heterocycles. The summed E-state index contributed by atoms with van der Waals surface area (Å²) in [7, 11) is 0. The van der Waals surface area contributed by atoms with Crippen molar-refractivity contribution in [3.8, 4) is 11.1 Å². The molecule has 15 nitrogen and oxygen atoms in total. The number of benzene rings is 2. The summed E-state index contributed by atoms with van der Waals surface area (Å²) >= 11 is 5.52. The van der Waals surface area contributed by atoms with Crippen LogP contribution < -0.4 is 5.32 Å². The molecule has 0 saturated carbocycles. The minimum absolute atomic E-state index is 0.0349. The van der Waals surface area contributed by atoms with E-state index in [1.165, 1.54) is 22.3 Å². The van der Waals surface area contributed by atoms with Gasteiger partial charge in [0.2, 0.25) is 0 Å². The molecule has 2 aromatic rings. The molecule has 0 radical (unpaired) electrons. The summed E-state index contributed by atoms with van der Waals surface area (Å²) in [5.41, 5.74) is 4.77. The number of nitrogens with one attached hydrogen (secondary N) is 1. The maximum atomic E-state index is 12.2. The predicted octanol–water partition coefficient (Wildman–Crippen LogP) is 3.96. The van der Waals surface area contributed by atoms with Crippen LogP contribution in [0.2, 0.25) is 0 Å². The molecule has 0 bridgehead atoms. The molecule has 1 N–H and O–H groups in total. The van der Waals surface area contributed by atoms with Crippen LogP contribution in [0.15, 0.2) is 48.5 Å². The number of hydrogen-bond acceptors (Lipinski definition) is 14. The van der Waals surface area contributed by atoms with Gasteiger partial charge in [0, 0.05) is 18.3 Å². The number of ether oxygens (including phenoxy) is 13. The molecular weight excluding hydrogens is 766 g/mol. The summed E-state index contributed by atoms with van der Waals surface area (Å²) in [6.07, 6.45) is -0.454. The van der Waals surface area contributed by atoms with Crippen LogP contribution in [0.4, 0.5) is 4.79 Å². The lowest BCUT2D eigenvalue weighted by Crippen LogP contribution is -2.29. The highest BCUT2D eigenvalue weighted by molar-refractivity contribution is 6.17. The third-order valence-corrected chi connectivity index (χ3v) is 8.33. The monoisotopic (exact) mass is 829 g/mol. The summed E-state index contributed by atoms with van der Waals surface area (Å²) in [5, 5.41) is 2.74. The third kappa shape index (κ3) is 24.3. The molecule has 324 valence electrons. The van der Waals surface area contributed by atoms with Crippen LogP contribution in [0.1, 0.15) is 17.0 Å². The van der Waals surface area contributed by atoms with E-state index in [0.717, 1.165) is 0 Å². The average Bonchev–Trinajstić information content (AvgIpc) is 3.55. The first-order valence-corrected chi connectivity index (χ1v) is 20.4. The largest absolute Gasteiger partial charge is 0.449 e. The Labute approximate surface area is 343 Å². The van der Waals surface area contributed by atoms with Crippen molar-refractivity contribution in [3.05, 3.63) is 59.7 Å². The zero-order chi connectivity index (χ0) is 40.1. The lowest BCUT2D eigenvalue weighted by Gasteiger charge is -2.14. The summed E-state index contributed by atoms with van der Waals surface area (Å²) in [4.78, 5) is 12.2. The highest BCUT2D eigenvalue weighted by Crippen LogP contribution is 2.44. The molecule has 1 amide bonds. The zero-order valence-electron chi connectivity index (χ0n) is 33.4. The van der Waals surface area contributed by atoms with E-state index < -0.39 is 6.09 Å². The molecule has 0 fully saturated rings. The van der Waals surface area contributed by atoms with Gasteiger partial charge in [0.1, 0.15) is 6.61 Å². The second-order valence-electron chi connectivity index (χ2n) is 12.3. The minimum atomic E-state index is -0.454. The van der Waals surface area contributed by atoms with Gasteiger partial charge in [-0.15, -0.1) is 11.6 Å². The molecule has 0 heterocycles. The summed E-state index contributed by atoms with van der Waals surface area (Å²) in [5.74, 6) is 0.527. The van der Waals surface area contributed by atoms with Gasteiger partial charge in [0.25, 0.3) is 0 Å². The Bertz CT molecular complexity index is 1200. The van der Waals surface area contributed by atoms with E-state index in [1.807, 2.05) is 24.3 Å². The first-order valence-electron chi connectivity index (χ1n) is 19.9. The fraction of sp³-hybridized carbons (Fsp3) is 0.683. The van der Waals surface area contributed by atoms with Crippen LogP contribution in [0.25, 0.3) is 11.1 Å². The Kier molecular flexibility index (Phi) is 30.4. The van der Waals surface area contributed by atoms with Gasteiger partial charge in [0.05, 0.1) is 159 Å². The van der Waals surface area contributed by atoms with Crippen molar-refractivity contribution < 1.29 is 66.4 Å². The summed E-state index contributed by atoms with van der Waals surface area (Å²) in [6.45, 7) is 12.4. The Morgan fingerprint density at radius 3 is 1.02 bits per heavy atom. The van der Waals surface area contributed by atoms with Crippen LogP contribution in [0, 0.1) is 0 Å². The quantitative estimate of drug-likeness (QED) is 0.0763. The Morgan fingerprint density at radius 1 is 0.421 bits per heavy atom. The molecule has 1 aliphatic carbocycles. The van der Waals surface area contributed by atoms with E-state index in [9.17, 15) is 4.79 Å². The number of carbonyl (C=O) groups excluding carboxylic acids is 1. The van der Waals surface area contributed by atoms with Crippen molar-refractivity contribution in [1.29, 1.82) is 0 Å². The lowest BCUT2D eigenvalue weighted by atomic mass is 9.98. The van der Waals surface area contributed by atoms with E-state index in [1.54, 1.807) is 0 Å². The number of amides is 1. The van der Waals surface area contributed by atoms with Crippen LogP contribution in [-0.4, -0.2) is 184 Å². The normalized spacial score (nSPS) is 12.2. The summed E-state index contributed by atoms with van der Waals surface area (Å²) < 4.78 is 71.0. The van der Waals surface area contributed by atoms with Gasteiger partial charge < -0.3 is 66.9 Å². The van der Waals surface area contributed by atoms with Gasteiger partial charge in [0.15, 0.2) is 0 Å². The molecule has 3 rings (SSSR count). The number of alkyl carbamates (subject to hydrolysis) is 1. The second kappa shape index (κ2) is 35.5. The molecule has 0 spiro atoms. The van der Waals surface area contributed by atoms with E-state index in [2.05, 4.69) is 29.6 Å². The van der Waals surface area contributed by atoms with Gasteiger partial charge >= 0.3 is 6.09 Å². The highest BCUT2D eigenvalue weighted by atomic mass is 35.5. The number of hydrogen-bond donors (Lipinski definition) is 1. The smallest absolute Gasteiger partial charge is 0.407 e. The van der Waals surface area contributed by atoms with Crippen LogP contribution in [0.5, 0.6) is 0 Å². The van der Waals surface area contributed by atoms with E-state index >= 15 is 0 Å². The van der Waals surface area contributed by atoms with Gasteiger partial charge in [-0.2, -0.15) is 0 Å². The molecule has 57 heavy (non-hydrogen) atoms. The Hall–Kier alpha value is -2.48. The Morgan fingerprint density at radius 2 is 0.702 bits per heavy atom. The number of carbonyl (C=O) groups is 1. The van der Waals surface area contributed by atoms with Crippen molar-refractivity contribution in [2.24, 2.45) is 0 Å². The molecule has 1 aliphatic rings. The van der Waals surface area contributed by atoms with Gasteiger partial charge in [-0.05, 0) is 22.3 Å². The fourth-order valence-corrected chi connectivity index (χ4v) is 5.56. The van der Waals surface area contributed by atoms with Crippen LogP contribution >= 0.6 is 11.6 Å². The average molecular weight is 830 g/mol. The van der Waals surface area contributed by atoms with Crippen molar-refractivity contribution in [2.75, 3.05) is 178 Å². The SMILES string of the molecule is O=C(NCCOCCOCCOCCOCCOCCOCCOCCOCCOCCOCCOCCOCCCl)OCC1c2ccccc2-c2ccccc21. The summed E-state index contributed by atoms with van der Waals surface area (Å²) in [6, 6.07) is 16.5. The van der Waals surface area contributed by atoms with Crippen molar-refractivity contribution >= 4 is 17.7 Å². The van der Waals surface area contributed by atoms with Gasteiger partial charge in [-0.3, -0.25) is 0 Å². The number of rotatable bonds is 40. The van der Waals surface area contributed by atoms with E-state index in [-0.39, 0.29) is 12.5 Å². The molecule has 0 aliphatic heterocycles. The fourth-order valence-electron chi connectivity index (χ4n) is 5.45. The highest BCUT2D eigenvalue weighted by Gasteiger charge is 2.28. The Balaban J connectivity index is 0.931. The molecule has 0 aromatic heterocycles. The topological polar surface area (TPSA) is 149 Å². The lowest BCUT2D eigenvalue weighted by molar-refractivity contribution is -0.0282. The first-order chi connectivity index (χ1) is 28.3. The molecule has 0 atom stereocenters. The standard InChI is InChI=1S/C41H64ClNO14/c42-9-11-45-13-15-47-17-19-49-21-23-51-25-27-53-29-31-55-33-34-56-32-30-54-28-26-52-24-22-50-20-18-48-16-14-46-12-10-43-41(44)57-35-40-38-7-3-1-5-36(38)37-6-2-4-8-39(37)40/h1-8,40H,9-35H2,(H,43,44). The maximum Gasteiger partial charge on any atom is 0.407 e. The predicted molar refractivity (Wildman–Crippen MR) is 214 cm³/mol. The molecular formula is C41H64ClNO14. The van der Waals surface area contributed by atoms with Crippen molar-refractivity contribution in [1.82, 2.24) is 5.32 Å². The zero-order valence-corrected chi connectivity index (χ0v) is 34.1. The van der Waals surface area contributed by atoms with Crippen molar-refractivity contribution in [2.45, 2.75) is 5.92 Å². The van der Waals surface area contributed by atoms with E-state index in [0.29, 0.717) is 171 Å². The van der Waals surface area contributed by atoms with E-state index in [4.69, 9.17) is 73.2 Å². The minimum Gasteiger partial charge on any atom is -0.449 e. The maximum absolute atomic E-state index is 12.2.